The third kappa shape index (κ3) is 7.31. The Hall–Kier alpha value is -2.36. The second-order valence-corrected chi connectivity index (χ2v) is 8.67. The van der Waals surface area contributed by atoms with Gasteiger partial charge in [-0.25, -0.2) is 4.98 Å². The number of hydrogen-bond donors (Lipinski definition) is 2. The molecule has 1 unspecified atom stereocenters. The van der Waals surface area contributed by atoms with E-state index in [0.29, 0.717) is 18.9 Å². The van der Waals surface area contributed by atoms with E-state index in [1.165, 1.54) is 24.0 Å². The van der Waals surface area contributed by atoms with Crippen molar-refractivity contribution in [1.29, 1.82) is 0 Å². The number of rotatable bonds is 8. The predicted octanol–water partition coefficient (Wildman–Crippen LogP) is 3.06. The number of aromatic nitrogens is 1. The van der Waals surface area contributed by atoms with Crippen LogP contribution in [-0.4, -0.2) is 61.5 Å². The van der Waals surface area contributed by atoms with Crippen LogP contribution < -0.4 is 15.5 Å². The van der Waals surface area contributed by atoms with Crippen LogP contribution in [0.2, 0.25) is 0 Å². The largest absolute Gasteiger partial charge is 0.357 e. The molecule has 2 N–H and O–H groups in total. The molecule has 33 heavy (non-hydrogen) atoms. The van der Waals surface area contributed by atoms with Crippen molar-refractivity contribution < 1.29 is 4.79 Å². The quantitative estimate of drug-likeness (QED) is 0.294. The average Bonchev–Trinajstić information content (AvgIpc) is 3.49. The average molecular weight is 563 g/mol. The molecule has 2 saturated heterocycles. The zero-order valence-corrected chi connectivity index (χ0v) is 21.7. The molecular formula is C25H35IN6O. The molecule has 2 aliphatic rings. The standard InChI is InChI=1S/C25H34N6O.HI/c1-26-25(28-17-21-9-11-27-23(15-21)30-12-5-6-13-30)29-18-22-16-24(32)31(19-22)14-10-20-7-3-2-4-8-20;/h2-4,7-9,11,15,22H,5-6,10,12-14,16-19H2,1H3,(H2,26,28,29);1H. The Labute approximate surface area is 214 Å². The van der Waals surface area contributed by atoms with Crippen molar-refractivity contribution >= 4 is 41.7 Å². The number of nitrogens with one attached hydrogen (secondary N) is 2. The lowest BCUT2D eigenvalue weighted by molar-refractivity contribution is -0.127. The Morgan fingerprint density at radius 2 is 1.91 bits per heavy atom. The molecule has 1 amide bonds. The highest BCUT2D eigenvalue weighted by atomic mass is 127. The van der Waals surface area contributed by atoms with Gasteiger partial charge in [0.1, 0.15) is 5.82 Å². The van der Waals surface area contributed by atoms with E-state index in [0.717, 1.165) is 50.9 Å². The van der Waals surface area contributed by atoms with Gasteiger partial charge in [-0.1, -0.05) is 30.3 Å². The molecule has 3 heterocycles. The van der Waals surface area contributed by atoms with Crippen molar-refractivity contribution in [3.8, 4) is 0 Å². The van der Waals surface area contributed by atoms with E-state index in [1.54, 1.807) is 7.05 Å². The van der Waals surface area contributed by atoms with E-state index in [4.69, 9.17) is 0 Å². The van der Waals surface area contributed by atoms with E-state index in [-0.39, 0.29) is 29.9 Å². The summed E-state index contributed by atoms with van der Waals surface area (Å²) < 4.78 is 0. The van der Waals surface area contributed by atoms with Gasteiger partial charge in [0, 0.05) is 64.9 Å². The van der Waals surface area contributed by atoms with Gasteiger partial charge in [0.15, 0.2) is 5.96 Å². The molecule has 0 saturated carbocycles. The van der Waals surface area contributed by atoms with Crippen LogP contribution in [0.25, 0.3) is 0 Å². The van der Waals surface area contributed by atoms with Crippen LogP contribution in [-0.2, 0) is 17.8 Å². The number of halogens is 1. The first kappa shape index (κ1) is 25.3. The molecular weight excluding hydrogens is 527 g/mol. The number of nitrogens with zero attached hydrogens (tertiary/aromatic N) is 4. The summed E-state index contributed by atoms with van der Waals surface area (Å²) in [7, 11) is 1.78. The molecule has 178 valence electrons. The van der Waals surface area contributed by atoms with E-state index in [2.05, 4.69) is 43.7 Å². The van der Waals surface area contributed by atoms with Gasteiger partial charge < -0.3 is 20.4 Å². The molecule has 0 radical (unpaired) electrons. The maximum atomic E-state index is 12.4. The Kier molecular flexibility index (Phi) is 9.77. The molecule has 0 bridgehead atoms. The summed E-state index contributed by atoms with van der Waals surface area (Å²) in [5.41, 5.74) is 2.46. The van der Waals surface area contributed by atoms with Crippen LogP contribution in [0.5, 0.6) is 0 Å². The fourth-order valence-corrected chi connectivity index (χ4v) is 4.45. The van der Waals surface area contributed by atoms with E-state index < -0.39 is 0 Å². The molecule has 0 spiro atoms. The Balaban J connectivity index is 0.00000306. The van der Waals surface area contributed by atoms with Crippen molar-refractivity contribution in [1.82, 2.24) is 20.5 Å². The fourth-order valence-electron chi connectivity index (χ4n) is 4.45. The van der Waals surface area contributed by atoms with Crippen LogP contribution in [0.1, 0.15) is 30.4 Å². The minimum Gasteiger partial charge on any atom is -0.357 e. The van der Waals surface area contributed by atoms with Crippen molar-refractivity contribution in [2.24, 2.45) is 10.9 Å². The monoisotopic (exact) mass is 562 g/mol. The highest BCUT2D eigenvalue weighted by Gasteiger charge is 2.29. The van der Waals surface area contributed by atoms with Gasteiger partial charge in [-0.3, -0.25) is 9.79 Å². The van der Waals surface area contributed by atoms with Gasteiger partial charge in [-0.2, -0.15) is 0 Å². The molecule has 1 aromatic heterocycles. The lowest BCUT2D eigenvalue weighted by Crippen LogP contribution is -2.40. The Bertz CT molecular complexity index is 916. The van der Waals surface area contributed by atoms with Crippen molar-refractivity contribution in [2.75, 3.05) is 44.7 Å². The molecule has 7 nitrogen and oxygen atoms in total. The summed E-state index contributed by atoms with van der Waals surface area (Å²) >= 11 is 0. The van der Waals surface area contributed by atoms with Gasteiger partial charge in [-0.05, 0) is 42.5 Å². The van der Waals surface area contributed by atoms with Gasteiger partial charge >= 0.3 is 0 Å². The topological polar surface area (TPSA) is 72.9 Å². The summed E-state index contributed by atoms with van der Waals surface area (Å²) in [5, 5.41) is 6.79. The maximum Gasteiger partial charge on any atom is 0.223 e. The summed E-state index contributed by atoms with van der Waals surface area (Å²) in [6, 6.07) is 14.6. The number of anilines is 1. The number of carbonyl (C=O) groups excluding carboxylic acids is 1. The number of carbonyl (C=O) groups is 1. The minimum atomic E-state index is 0. The number of pyridine rings is 1. The zero-order valence-electron chi connectivity index (χ0n) is 19.4. The highest BCUT2D eigenvalue weighted by Crippen LogP contribution is 2.19. The third-order valence-corrected chi connectivity index (χ3v) is 6.29. The summed E-state index contributed by atoms with van der Waals surface area (Å²) in [5.74, 6) is 2.38. The van der Waals surface area contributed by atoms with E-state index in [1.807, 2.05) is 35.4 Å². The number of guanidine groups is 1. The van der Waals surface area contributed by atoms with Crippen LogP contribution in [0.15, 0.2) is 53.7 Å². The number of amides is 1. The number of hydrogen-bond acceptors (Lipinski definition) is 4. The minimum absolute atomic E-state index is 0. The lowest BCUT2D eigenvalue weighted by atomic mass is 10.1. The molecule has 1 atom stereocenters. The first-order valence-electron chi connectivity index (χ1n) is 11.7. The number of likely N-dealkylation sites (tertiary alicyclic amines) is 1. The molecule has 2 aliphatic heterocycles. The third-order valence-electron chi connectivity index (χ3n) is 6.29. The second-order valence-electron chi connectivity index (χ2n) is 8.67. The van der Waals surface area contributed by atoms with Crippen LogP contribution in [0.3, 0.4) is 0 Å². The molecule has 2 aromatic rings. The van der Waals surface area contributed by atoms with E-state index in [9.17, 15) is 4.79 Å². The Morgan fingerprint density at radius 1 is 1.12 bits per heavy atom. The van der Waals surface area contributed by atoms with Crippen molar-refractivity contribution in [3.05, 3.63) is 59.8 Å². The van der Waals surface area contributed by atoms with Crippen molar-refractivity contribution in [3.63, 3.8) is 0 Å². The van der Waals surface area contributed by atoms with Gasteiger partial charge in [-0.15, -0.1) is 24.0 Å². The molecule has 4 rings (SSSR count). The second kappa shape index (κ2) is 12.8. The first-order chi connectivity index (χ1) is 15.7. The van der Waals surface area contributed by atoms with Gasteiger partial charge in [0.05, 0.1) is 0 Å². The molecule has 8 heteroatoms. The fraction of sp³-hybridized carbons (Fsp3) is 0.480. The molecule has 2 fully saturated rings. The van der Waals surface area contributed by atoms with Crippen LogP contribution in [0.4, 0.5) is 5.82 Å². The maximum absolute atomic E-state index is 12.4. The molecule has 0 aliphatic carbocycles. The SMILES string of the molecule is CN=C(NCc1ccnc(N2CCCC2)c1)NCC1CC(=O)N(CCc2ccccc2)C1.I. The van der Waals surface area contributed by atoms with Gasteiger partial charge in [0.25, 0.3) is 0 Å². The van der Waals surface area contributed by atoms with Gasteiger partial charge in [0.2, 0.25) is 5.91 Å². The first-order valence-corrected chi connectivity index (χ1v) is 11.7. The summed E-state index contributed by atoms with van der Waals surface area (Å²) in [6.45, 7) is 5.20. The number of aliphatic imine (C=N–C) groups is 1. The summed E-state index contributed by atoms with van der Waals surface area (Å²) in [6.07, 6.45) is 5.88. The normalized spacial score (nSPS) is 18.4. The van der Waals surface area contributed by atoms with Crippen molar-refractivity contribution in [2.45, 2.75) is 32.2 Å². The Morgan fingerprint density at radius 3 is 2.67 bits per heavy atom. The smallest absolute Gasteiger partial charge is 0.223 e. The summed E-state index contributed by atoms with van der Waals surface area (Å²) in [4.78, 5) is 25.6. The number of benzene rings is 1. The zero-order chi connectivity index (χ0) is 22.2. The van der Waals surface area contributed by atoms with Crippen LogP contribution in [0, 0.1) is 5.92 Å². The van der Waals surface area contributed by atoms with Crippen LogP contribution >= 0.6 is 24.0 Å². The highest BCUT2D eigenvalue weighted by molar-refractivity contribution is 14.0. The lowest BCUT2D eigenvalue weighted by Gasteiger charge is -2.19. The predicted molar refractivity (Wildman–Crippen MR) is 144 cm³/mol. The van der Waals surface area contributed by atoms with E-state index >= 15 is 0 Å². The molecule has 1 aromatic carbocycles.